The Morgan fingerprint density at radius 3 is 2.78 bits per heavy atom. The number of rotatable bonds is 3. The van der Waals surface area contributed by atoms with Gasteiger partial charge in [-0.25, -0.2) is 4.79 Å². The van der Waals surface area contributed by atoms with E-state index in [0.29, 0.717) is 0 Å². The molecule has 0 radical (unpaired) electrons. The Labute approximate surface area is 139 Å². The Kier molecular flexibility index (Phi) is 4.76. The topological polar surface area (TPSA) is 52.6 Å². The summed E-state index contributed by atoms with van der Waals surface area (Å²) in [5.74, 6) is -0.616. The lowest BCUT2D eigenvalue weighted by atomic mass is 9.91. The van der Waals surface area contributed by atoms with Crippen LogP contribution < -0.4 is 0 Å². The maximum Gasteiger partial charge on any atom is 0.516 e. The molecule has 1 aromatic carbocycles. The summed E-state index contributed by atoms with van der Waals surface area (Å²) in [5, 5.41) is 2.06. The van der Waals surface area contributed by atoms with Crippen molar-refractivity contribution in [2.75, 3.05) is 6.61 Å². The van der Waals surface area contributed by atoms with E-state index in [9.17, 15) is 9.59 Å². The van der Waals surface area contributed by atoms with E-state index in [2.05, 4.69) is 28.3 Å². The number of aryl methyl sites for hydroxylation is 2. The summed E-state index contributed by atoms with van der Waals surface area (Å²) in [5.41, 5.74) is 3.68. The Morgan fingerprint density at radius 2 is 1.96 bits per heavy atom. The largest absolute Gasteiger partial charge is 0.516 e. The molecule has 1 unspecified atom stereocenters. The first-order chi connectivity index (χ1) is 11.2. The summed E-state index contributed by atoms with van der Waals surface area (Å²) in [6.45, 7) is 1.86. The number of esters is 1. The summed E-state index contributed by atoms with van der Waals surface area (Å²) in [6, 6.07) is 10.3. The molecule has 0 N–H and O–H groups in total. The van der Waals surface area contributed by atoms with Gasteiger partial charge in [-0.2, -0.15) is 0 Å². The minimum atomic E-state index is -0.925. The van der Waals surface area contributed by atoms with Crippen molar-refractivity contribution in [3.8, 4) is 0 Å². The van der Waals surface area contributed by atoms with Gasteiger partial charge >= 0.3 is 12.1 Å². The maximum atomic E-state index is 12.1. The van der Waals surface area contributed by atoms with Crippen LogP contribution in [0.15, 0.2) is 35.7 Å². The molecular formula is C18H18O4S. The van der Waals surface area contributed by atoms with Gasteiger partial charge in [-0.3, -0.25) is 4.79 Å². The van der Waals surface area contributed by atoms with E-state index >= 15 is 0 Å². The molecule has 0 bridgehead atoms. The second-order valence-corrected chi connectivity index (χ2v) is 6.37. The van der Waals surface area contributed by atoms with Crippen LogP contribution in [0.3, 0.4) is 0 Å². The third-order valence-electron chi connectivity index (χ3n) is 4.02. The first-order valence-electron chi connectivity index (χ1n) is 7.70. The van der Waals surface area contributed by atoms with Crippen LogP contribution in [0.25, 0.3) is 0 Å². The first-order valence-corrected chi connectivity index (χ1v) is 8.58. The van der Waals surface area contributed by atoms with Crippen molar-refractivity contribution in [2.24, 2.45) is 0 Å². The number of fused-ring (bicyclic) bond motifs is 2. The third kappa shape index (κ3) is 3.45. The van der Waals surface area contributed by atoms with Crippen LogP contribution in [0.5, 0.6) is 0 Å². The molecule has 1 atom stereocenters. The fourth-order valence-electron chi connectivity index (χ4n) is 3.02. The summed E-state index contributed by atoms with van der Waals surface area (Å²) in [7, 11) is 0. The highest BCUT2D eigenvalue weighted by Gasteiger charge is 2.28. The highest BCUT2D eigenvalue weighted by molar-refractivity contribution is 7.10. The quantitative estimate of drug-likeness (QED) is 0.629. The predicted octanol–water partition coefficient (Wildman–Crippen LogP) is 4.07. The molecule has 2 aromatic rings. The van der Waals surface area contributed by atoms with Crippen molar-refractivity contribution in [2.45, 2.75) is 32.1 Å². The van der Waals surface area contributed by atoms with Gasteiger partial charge in [-0.15, -0.1) is 11.3 Å². The normalized spacial score (nSPS) is 16.0. The molecule has 1 aliphatic carbocycles. The second-order valence-electron chi connectivity index (χ2n) is 5.42. The molecule has 4 nitrogen and oxygen atoms in total. The minimum absolute atomic E-state index is 0.0642. The molecule has 0 saturated heterocycles. The number of thiophene rings is 1. The monoisotopic (exact) mass is 330 g/mol. The van der Waals surface area contributed by atoms with Crippen molar-refractivity contribution in [1.82, 2.24) is 0 Å². The number of hydrogen-bond donors (Lipinski definition) is 0. The van der Waals surface area contributed by atoms with Crippen LogP contribution in [-0.4, -0.2) is 18.7 Å². The standard InChI is InChI=1S/C18H18O4S/c1-2-21-18(20)22-16(19)11-15-14-6-4-3-5-12(14)7-8-13-9-10-23-17(13)15/h3-6,9-10,15H,2,7-8,11H2,1H3. The fraction of sp³-hybridized carbons (Fsp3) is 0.333. The van der Waals surface area contributed by atoms with Crippen molar-refractivity contribution in [1.29, 1.82) is 0 Å². The van der Waals surface area contributed by atoms with Crippen LogP contribution in [0, 0.1) is 0 Å². The summed E-state index contributed by atoms with van der Waals surface area (Å²) < 4.78 is 9.42. The van der Waals surface area contributed by atoms with Gasteiger partial charge in [0.05, 0.1) is 13.0 Å². The van der Waals surface area contributed by atoms with E-state index in [1.807, 2.05) is 12.1 Å². The van der Waals surface area contributed by atoms with E-state index in [-0.39, 0.29) is 18.9 Å². The van der Waals surface area contributed by atoms with Gasteiger partial charge < -0.3 is 9.47 Å². The van der Waals surface area contributed by atoms with E-state index in [0.717, 1.165) is 18.4 Å². The molecule has 0 spiro atoms. The van der Waals surface area contributed by atoms with Gasteiger partial charge in [-0.05, 0) is 47.9 Å². The van der Waals surface area contributed by atoms with Crippen molar-refractivity contribution < 1.29 is 19.1 Å². The number of carbonyl (C=O) groups is 2. The minimum Gasteiger partial charge on any atom is -0.434 e. The van der Waals surface area contributed by atoms with E-state index in [1.165, 1.54) is 16.0 Å². The van der Waals surface area contributed by atoms with Crippen LogP contribution in [0.1, 0.15) is 40.8 Å². The van der Waals surface area contributed by atoms with Crippen molar-refractivity contribution >= 4 is 23.5 Å². The SMILES string of the molecule is CCOC(=O)OC(=O)CC1c2ccccc2CCc2ccsc21. The van der Waals surface area contributed by atoms with Crippen molar-refractivity contribution in [3.05, 3.63) is 57.3 Å². The van der Waals surface area contributed by atoms with Crippen LogP contribution in [-0.2, 0) is 27.1 Å². The van der Waals surface area contributed by atoms with Crippen LogP contribution in [0.4, 0.5) is 4.79 Å². The lowest BCUT2D eigenvalue weighted by molar-refractivity contribution is -0.140. The van der Waals surface area contributed by atoms with Gasteiger partial charge in [0.15, 0.2) is 0 Å². The Balaban J connectivity index is 1.86. The Hall–Kier alpha value is -2.14. The van der Waals surface area contributed by atoms with Crippen LogP contribution >= 0.6 is 11.3 Å². The Bertz CT molecular complexity index is 719. The predicted molar refractivity (Wildman–Crippen MR) is 87.7 cm³/mol. The average molecular weight is 330 g/mol. The average Bonchev–Trinajstić information content (AvgIpc) is 2.94. The molecule has 5 heteroatoms. The fourth-order valence-corrected chi connectivity index (χ4v) is 4.10. The zero-order valence-electron chi connectivity index (χ0n) is 12.9. The lowest BCUT2D eigenvalue weighted by Crippen LogP contribution is -2.17. The number of carbonyl (C=O) groups excluding carboxylic acids is 2. The summed E-state index contributed by atoms with van der Waals surface area (Å²) >= 11 is 1.66. The first kappa shape index (κ1) is 15.7. The van der Waals surface area contributed by atoms with Crippen LogP contribution in [0.2, 0.25) is 0 Å². The molecule has 0 fully saturated rings. The number of hydrogen-bond acceptors (Lipinski definition) is 5. The molecule has 1 heterocycles. The van der Waals surface area contributed by atoms with Crippen molar-refractivity contribution in [3.63, 3.8) is 0 Å². The van der Waals surface area contributed by atoms with Gasteiger partial charge in [0.25, 0.3) is 0 Å². The number of benzene rings is 1. The smallest absolute Gasteiger partial charge is 0.434 e. The lowest BCUT2D eigenvalue weighted by Gasteiger charge is -2.17. The number of ether oxygens (including phenoxy) is 2. The van der Waals surface area contributed by atoms with Gasteiger partial charge in [0.1, 0.15) is 0 Å². The molecular weight excluding hydrogens is 312 g/mol. The van der Waals surface area contributed by atoms with E-state index < -0.39 is 12.1 Å². The summed E-state index contributed by atoms with van der Waals surface area (Å²) in [6.07, 6.45) is 1.15. The van der Waals surface area contributed by atoms with E-state index in [1.54, 1.807) is 18.3 Å². The second kappa shape index (κ2) is 6.96. The molecule has 0 saturated carbocycles. The molecule has 1 aromatic heterocycles. The van der Waals surface area contributed by atoms with Gasteiger partial charge in [0.2, 0.25) is 0 Å². The molecule has 3 rings (SSSR count). The summed E-state index contributed by atoms with van der Waals surface area (Å²) in [4.78, 5) is 24.7. The molecule has 0 amide bonds. The molecule has 23 heavy (non-hydrogen) atoms. The highest BCUT2D eigenvalue weighted by Crippen LogP contribution is 2.39. The van der Waals surface area contributed by atoms with E-state index in [4.69, 9.17) is 4.74 Å². The molecule has 0 aliphatic heterocycles. The zero-order chi connectivity index (χ0) is 16.2. The van der Waals surface area contributed by atoms with Gasteiger partial charge in [-0.1, -0.05) is 24.3 Å². The molecule has 1 aliphatic rings. The highest BCUT2D eigenvalue weighted by atomic mass is 32.1. The molecule has 120 valence electrons. The zero-order valence-corrected chi connectivity index (χ0v) is 13.7. The Morgan fingerprint density at radius 1 is 1.17 bits per heavy atom. The third-order valence-corrected chi connectivity index (χ3v) is 5.09. The maximum absolute atomic E-state index is 12.1. The van der Waals surface area contributed by atoms with Gasteiger partial charge in [0, 0.05) is 10.8 Å².